The average molecular weight is 408 g/mol. The summed E-state index contributed by atoms with van der Waals surface area (Å²) in [5.41, 5.74) is 1.26. The molecule has 0 spiro atoms. The smallest absolute Gasteiger partial charge is 0.330 e. The number of aromatic nitrogens is 4. The van der Waals surface area contributed by atoms with Crippen LogP contribution < -0.4 is 11.2 Å². The van der Waals surface area contributed by atoms with Gasteiger partial charge in [-0.1, -0.05) is 6.92 Å². The van der Waals surface area contributed by atoms with Gasteiger partial charge in [0.15, 0.2) is 11.2 Å². The summed E-state index contributed by atoms with van der Waals surface area (Å²) >= 11 is 0. The van der Waals surface area contributed by atoms with Crippen molar-refractivity contribution in [1.29, 1.82) is 5.26 Å². The highest BCUT2D eigenvalue weighted by Crippen LogP contribution is 2.23. The number of benzene rings is 1. The van der Waals surface area contributed by atoms with E-state index in [-0.39, 0.29) is 0 Å². The fourth-order valence-corrected chi connectivity index (χ4v) is 3.80. The zero-order chi connectivity index (χ0) is 21.1. The first-order valence-electron chi connectivity index (χ1n) is 10.2. The van der Waals surface area contributed by atoms with Crippen LogP contribution in [-0.4, -0.2) is 56.9 Å². The van der Waals surface area contributed by atoms with Crippen LogP contribution in [0.15, 0.2) is 33.9 Å². The molecule has 30 heavy (non-hydrogen) atoms. The van der Waals surface area contributed by atoms with Gasteiger partial charge in [-0.2, -0.15) is 5.26 Å². The molecule has 0 aliphatic carbocycles. The standard InChI is InChI=1S/C21H24N6O3/c1-2-7-27-19-17(20(28)24-21(27)29)26(9-8-25-10-12-30-13-11-25)18(23-19)16-5-3-15(14-22)4-6-16/h3-6H,2,7-13H2,1H3,(H,24,28,29). The minimum atomic E-state index is -0.446. The van der Waals surface area contributed by atoms with Crippen LogP contribution in [0.5, 0.6) is 0 Å². The van der Waals surface area contributed by atoms with Gasteiger partial charge in [0.1, 0.15) is 5.82 Å². The van der Waals surface area contributed by atoms with Crippen molar-refractivity contribution in [3.8, 4) is 17.5 Å². The van der Waals surface area contributed by atoms with Gasteiger partial charge >= 0.3 is 5.69 Å². The molecule has 3 heterocycles. The molecule has 156 valence electrons. The van der Waals surface area contributed by atoms with Crippen LogP contribution >= 0.6 is 0 Å². The molecule has 2 aromatic heterocycles. The molecule has 1 aliphatic heterocycles. The zero-order valence-corrected chi connectivity index (χ0v) is 16.9. The molecule has 1 aliphatic rings. The van der Waals surface area contributed by atoms with Gasteiger partial charge in [0.05, 0.1) is 24.8 Å². The van der Waals surface area contributed by atoms with Gasteiger partial charge in [-0.3, -0.25) is 19.2 Å². The van der Waals surface area contributed by atoms with Crippen molar-refractivity contribution in [2.45, 2.75) is 26.4 Å². The first-order chi connectivity index (χ1) is 14.6. The van der Waals surface area contributed by atoms with Crippen molar-refractivity contribution >= 4 is 11.2 Å². The molecule has 0 amide bonds. The van der Waals surface area contributed by atoms with Crippen LogP contribution in [0.3, 0.4) is 0 Å². The second-order valence-corrected chi connectivity index (χ2v) is 7.31. The van der Waals surface area contributed by atoms with Gasteiger partial charge in [-0.25, -0.2) is 9.78 Å². The summed E-state index contributed by atoms with van der Waals surface area (Å²) in [5, 5.41) is 9.09. The molecule has 4 rings (SSSR count). The molecule has 1 N–H and O–H groups in total. The molecule has 0 atom stereocenters. The van der Waals surface area contributed by atoms with Gasteiger partial charge in [0, 0.05) is 38.3 Å². The van der Waals surface area contributed by atoms with Gasteiger partial charge < -0.3 is 9.30 Å². The molecule has 0 bridgehead atoms. The predicted octanol–water partition coefficient (Wildman–Crippen LogP) is 1.17. The maximum Gasteiger partial charge on any atom is 0.330 e. The Morgan fingerprint density at radius 2 is 1.83 bits per heavy atom. The summed E-state index contributed by atoms with van der Waals surface area (Å²) in [6.45, 7) is 6.82. The fraction of sp³-hybridized carbons (Fsp3) is 0.429. The van der Waals surface area contributed by atoms with Crippen LogP contribution in [0.1, 0.15) is 18.9 Å². The van der Waals surface area contributed by atoms with Crippen LogP contribution in [0.25, 0.3) is 22.6 Å². The Labute approximate surface area is 173 Å². The number of hydrogen-bond donors (Lipinski definition) is 1. The molecule has 1 saturated heterocycles. The van der Waals surface area contributed by atoms with Crippen LogP contribution in [-0.2, 0) is 17.8 Å². The number of H-pyrrole nitrogens is 1. The van der Waals surface area contributed by atoms with Crippen molar-refractivity contribution in [3.63, 3.8) is 0 Å². The highest BCUT2D eigenvalue weighted by molar-refractivity contribution is 5.77. The highest BCUT2D eigenvalue weighted by atomic mass is 16.5. The molecule has 3 aromatic rings. The van der Waals surface area contributed by atoms with E-state index in [9.17, 15) is 9.59 Å². The third-order valence-corrected chi connectivity index (χ3v) is 5.35. The Kier molecular flexibility index (Phi) is 5.79. The summed E-state index contributed by atoms with van der Waals surface area (Å²) in [4.78, 5) is 34.6. The maximum absolute atomic E-state index is 12.8. The van der Waals surface area contributed by atoms with Gasteiger partial charge in [0.25, 0.3) is 5.56 Å². The highest BCUT2D eigenvalue weighted by Gasteiger charge is 2.20. The summed E-state index contributed by atoms with van der Waals surface area (Å²) in [7, 11) is 0. The molecule has 9 heteroatoms. The quantitative estimate of drug-likeness (QED) is 0.656. The lowest BCUT2D eigenvalue weighted by atomic mass is 10.1. The number of hydrogen-bond acceptors (Lipinski definition) is 6. The number of nitriles is 1. The first kappa shape index (κ1) is 20.1. The van der Waals surface area contributed by atoms with E-state index in [0.717, 1.165) is 31.6 Å². The summed E-state index contributed by atoms with van der Waals surface area (Å²) < 4.78 is 8.83. The van der Waals surface area contributed by atoms with E-state index < -0.39 is 11.2 Å². The van der Waals surface area contributed by atoms with E-state index in [1.807, 2.05) is 23.6 Å². The van der Waals surface area contributed by atoms with E-state index in [1.165, 1.54) is 4.57 Å². The molecule has 0 radical (unpaired) electrons. The van der Waals surface area contributed by atoms with E-state index in [2.05, 4.69) is 16.0 Å². The number of morpholine rings is 1. The fourth-order valence-electron chi connectivity index (χ4n) is 3.80. The third kappa shape index (κ3) is 3.79. The van der Waals surface area contributed by atoms with E-state index in [4.69, 9.17) is 15.0 Å². The maximum atomic E-state index is 12.8. The minimum Gasteiger partial charge on any atom is -0.379 e. The van der Waals surface area contributed by atoms with Crippen LogP contribution in [0.4, 0.5) is 0 Å². The number of imidazole rings is 1. The summed E-state index contributed by atoms with van der Waals surface area (Å²) in [6.07, 6.45) is 0.744. The van der Waals surface area contributed by atoms with E-state index in [0.29, 0.717) is 48.9 Å². The molecule has 1 fully saturated rings. The number of nitrogens with one attached hydrogen (secondary N) is 1. The first-order valence-corrected chi connectivity index (χ1v) is 10.2. The summed E-state index contributed by atoms with van der Waals surface area (Å²) in [5.74, 6) is 0.615. The van der Waals surface area contributed by atoms with Gasteiger partial charge in [0.2, 0.25) is 0 Å². The van der Waals surface area contributed by atoms with Crippen molar-refractivity contribution in [3.05, 3.63) is 50.7 Å². The monoisotopic (exact) mass is 408 g/mol. The van der Waals surface area contributed by atoms with Gasteiger partial charge in [-0.05, 0) is 30.7 Å². The number of fused-ring (bicyclic) bond motifs is 1. The molecule has 1 aromatic carbocycles. The lowest BCUT2D eigenvalue weighted by Crippen LogP contribution is -2.38. The zero-order valence-electron chi connectivity index (χ0n) is 16.9. The van der Waals surface area contributed by atoms with Crippen LogP contribution in [0, 0.1) is 11.3 Å². The second-order valence-electron chi connectivity index (χ2n) is 7.31. The Morgan fingerprint density at radius 1 is 1.10 bits per heavy atom. The molecule has 9 nitrogen and oxygen atoms in total. The number of nitrogens with zero attached hydrogens (tertiary/aromatic N) is 5. The minimum absolute atomic E-state index is 0.395. The number of aromatic amines is 1. The van der Waals surface area contributed by atoms with Crippen LogP contribution in [0.2, 0.25) is 0 Å². The van der Waals surface area contributed by atoms with E-state index >= 15 is 0 Å². The molecular formula is C21H24N6O3. The molecular weight excluding hydrogens is 384 g/mol. The SMILES string of the molecule is CCCn1c(=O)[nH]c(=O)c2c1nc(-c1ccc(C#N)cc1)n2CCN1CCOCC1. The Hall–Kier alpha value is -3.22. The van der Waals surface area contributed by atoms with Crippen molar-refractivity contribution in [2.75, 3.05) is 32.8 Å². The Balaban J connectivity index is 1.85. The normalized spacial score (nSPS) is 14.8. The number of ether oxygens (including phenoxy) is 1. The van der Waals surface area contributed by atoms with Gasteiger partial charge in [-0.15, -0.1) is 0 Å². The molecule has 0 unspecified atom stereocenters. The van der Waals surface area contributed by atoms with Crippen molar-refractivity contribution in [2.24, 2.45) is 0 Å². The topological polar surface area (TPSA) is 109 Å². The molecule has 0 saturated carbocycles. The Morgan fingerprint density at radius 3 is 2.50 bits per heavy atom. The lowest BCUT2D eigenvalue weighted by molar-refractivity contribution is 0.0365. The van der Waals surface area contributed by atoms with Crippen molar-refractivity contribution in [1.82, 2.24) is 24.0 Å². The van der Waals surface area contributed by atoms with Crippen molar-refractivity contribution < 1.29 is 4.74 Å². The number of aryl methyl sites for hydroxylation is 1. The average Bonchev–Trinajstić information content (AvgIpc) is 3.16. The summed E-state index contributed by atoms with van der Waals surface area (Å²) in [6, 6.07) is 9.21. The Bertz CT molecular complexity index is 1190. The third-order valence-electron chi connectivity index (χ3n) is 5.35. The predicted molar refractivity (Wildman–Crippen MR) is 112 cm³/mol. The second kappa shape index (κ2) is 8.65. The lowest BCUT2D eigenvalue weighted by Gasteiger charge is -2.26. The largest absolute Gasteiger partial charge is 0.379 e. The number of rotatable bonds is 6. The van der Waals surface area contributed by atoms with E-state index in [1.54, 1.807) is 12.1 Å².